The molecule has 3 aromatic carbocycles. The predicted octanol–water partition coefficient (Wildman–Crippen LogP) is 6.21. The van der Waals surface area contributed by atoms with Gasteiger partial charge in [-0.1, -0.05) is 35.3 Å². The monoisotopic (exact) mass is 595 g/mol. The van der Waals surface area contributed by atoms with Gasteiger partial charge in [0.05, 0.1) is 49.7 Å². The van der Waals surface area contributed by atoms with Crippen LogP contribution in [0.15, 0.2) is 65.9 Å². The topological polar surface area (TPSA) is 109 Å². The third kappa shape index (κ3) is 5.23. The Balaban J connectivity index is 1.68. The highest BCUT2D eigenvalue weighted by atomic mass is 35.5. The number of carbonyl (C=O) groups is 1. The van der Waals surface area contributed by atoms with Crippen molar-refractivity contribution in [2.75, 3.05) is 39.1 Å². The maximum absolute atomic E-state index is 14.0. The zero-order valence-corrected chi connectivity index (χ0v) is 24.4. The highest BCUT2D eigenvalue weighted by molar-refractivity contribution is 6.42. The Hall–Kier alpha value is -4.41. The minimum Gasteiger partial charge on any atom is -0.495 e. The summed E-state index contributed by atoms with van der Waals surface area (Å²) in [5, 5.41) is 11.8. The number of allylic oxidation sites excluding steroid dienone is 1. The molecule has 2 N–H and O–H groups in total. The van der Waals surface area contributed by atoms with Gasteiger partial charge in [0.1, 0.15) is 11.8 Å². The van der Waals surface area contributed by atoms with Gasteiger partial charge >= 0.3 is 0 Å². The number of methoxy groups -OCH3 is 4. The van der Waals surface area contributed by atoms with Crippen molar-refractivity contribution in [1.82, 2.24) is 14.8 Å². The van der Waals surface area contributed by atoms with Crippen molar-refractivity contribution in [3.05, 3.63) is 81.5 Å². The first-order valence-corrected chi connectivity index (χ1v) is 13.2. The van der Waals surface area contributed by atoms with E-state index in [0.717, 1.165) is 0 Å². The average molecular weight is 596 g/mol. The Morgan fingerprint density at radius 1 is 0.902 bits per heavy atom. The van der Waals surface area contributed by atoms with Crippen LogP contribution >= 0.6 is 23.2 Å². The predicted molar refractivity (Wildman–Crippen MR) is 158 cm³/mol. The number of nitrogens with zero attached hydrogens (tertiary/aromatic N) is 3. The number of halogens is 2. The van der Waals surface area contributed by atoms with E-state index in [4.69, 9.17) is 52.2 Å². The molecule has 4 aromatic rings. The number of fused-ring (bicyclic) bond motifs is 1. The van der Waals surface area contributed by atoms with Gasteiger partial charge in [-0.15, -0.1) is 5.10 Å². The minimum absolute atomic E-state index is 0.365. The number of anilines is 2. The largest absolute Gasteiger partial charge is 0.495 e. The van der Waals surface area contributed by atoms with Gasteiger partial charge in [-0.05, 0) is 55.0 Å². The molecule has 0 saturated carbocycles. The fourth-order valence-corrected chi connectivity index (χ4v) is 5.01. The molecule has 0 spiro atoms. The lowest BCUT2D eigenvalue weighted by atomic mass is 9.94. The van der Waals surface area contributed by atoms with Crippen LogP contribution in [0.25, 0.3) is 11.4 Å². The molecule has 1 aliphatic rings. The van der Waals surface area contributed by atoms with Gasteiger partial charge in [-0.25, -0.2) is 4.68 Å². The minimum atomic E-state index is -0.737. The first kappa shape index (κ1) is 28.1. The van der Waals surface area contributed by atoms with E-state index in [1.165, 1.54) is 21.3 Å². The van der Waals surface area contributed by atoms with Gasteiger partial charge in [0.25, 0.3) is 5.91 Å². The summed E-state index contributed by atoms with van der Waals surface area (Å²) < 4.78 is 23.9. The number of amides is 1. The van der Waals surface area contributed by atoms with E-state index in [1.807, 2.05) is 12.1 Å². The van der Waals surface area contributed by atoms with Gasteiger partial charge in [0.2, 0.25) is 11.7 Å². The SMILES string of the molecule is COc1ccccc1NC(=O)C1=C(C)Nc2nc(-c3ccc(Cl)c(Cl)c3)nn2C1c1cc(OC)c(OC)c(OC)c1. The summed E-state index contributed by atoms with van der Waals surface area (Å²) in [6, 6.07) is 15.1. The average Bonchev–Trinajstić information content (AvgIpc) is 3.40. The molecule has 12 heteroatoms. The highest BCUT2D eigenvalue weighted by Gasteiger charge is 2.36. The zero-order valence-electron chi connectivity index (χ0n) is 22.9. The van der Waals surface area contributed by atoms with Gasteiger partial charge in [-0.3, -0.25) is 4.79 Å². The molecule has 10 nitrogen and oxygen atoms in total. The molecule has 1 unspecified atom stereocenters. The van der Waals surface area contributed by atoms with Crippen molar-refractivity contribution in [1.29, 1.82) is 0 Å². The van der Waals surface area contributed by atoms with E-state index in [9.17, 15) is 4.79 Å². The maximum atomic E-state index is 14.0. The number of rotatable bonds is 8. The summed E-state index contributed by atoms with van der Waals surface area (Å²) in [6.07, 6.45) is 0. The number of hydrogen-bond donors (Lipinski definition) is 2. The van der Waals surface area contributed by atoms with Crippen molar-refractivity contribution in [2.24, 2.45) is 0 Å². The van der Waals surface area contributed by atoms with Crippen LogP contribution in [0, 0.1) is 0 Å². The van der Waals surface area contributed by atoms with Crippen LogP contribution in [0.5, 0.6) is 23.0 Å². The van der Waals surface area contributed by atoms with Gasteiger partial charge in [-0.2, -0.15) is 4.98 Å². The Bertz CT molecular complexity index is 1640. The van der Waals surface area contributed by atoms with Gasteiger partial charge in [0, 0.05) is 11.3 Å². The van der Waals surface area contributed by atoms with E-state index < -0.39 is 6.04 Å². The molecular weight excluding hydrogens is 569 g/mol. The van der Waals surface area contributed by atoms with Crippen LogP contribution in [-0.4, -0.2) is 49.1 Å². The van der Waals surface area contributed by atoms with Crippen LogP contribution in [0.1, 0.15) is 18.5 Å². The summed E-state index contributed by atoms with van der Waals surface area (Å²) in [6.45, 7) is 1.80. The third-order valence-corrected chi connectivity index (χ3v) is 7.37. The molecule has 1 atom stereocenters. The molecule has 212 valence electrons. The molecule has 1 aromatic heterocycles. The van der Waals surface area contributed by atoms with Gasteiger partial charge < -0.3 is 29.6 Å². The Labute approximate surface area is 246 Å². The molecule has 41 heavy (non-hydrogen) atoms. The lowest BCUT2D eigenvalue weighted by Crippen LogP contribution is -2.31. The molecule has 1 aliphatic heterocycles. The van der Waals surface area contributed by atoms with E-state index in [1.54, 1.807) is 61.2 Å². The van der Waals surface area contributed by atoms with Crippen molar-refractivity contribution in [3.63, 3.8) is 0 Å². The van der Waals surface area contributed by atoms with Gasteiger partial charge in [0.15, 0.2) is 17.3 Å². The second-order valence-corrected chi connectivity index (χ2v) is 9.83. The summed E-state index contributed by atoms with van der Waals surface area (Å²) in [5.74, 6) is 2.25. The van der Waals surface area contributed by atoms with E-state index in [0.29, 0.717) is 72.9 Å². The molecule has 0 saturated heterocycles. The highest BCUT2D eigenvalue weighted by Crippen LogP contribution is 2.44. The molecule has 0 aliphatic carbocycles. The third-order valence-electron chi connectivity index (χ3n) is 6.63. The maximum Gasteiger partial charge on any atom is 0.255 e. The lowest BCUT2D eigenvalue weighted by molar-refractivity contribution is -0.113. The van der Waals surface area contributed by atoms with Crippen molar-refractivity contribution < 1.29 is 23.7 Å². The van der Waals surface area contributed by atoms with Crippen LogP contribution in [0.4, 0.5) is 11.6 Å². The number of carbonyl (C=O) groups excluding carboxylic acids is 1. The molecule has 2 heterocycles. The molecule has 0 radical (unpaired) electrons. The molecule has 0 fully saturated rings. The number of para-hydroxylation sites is 2. The molecule has 5 rings (SSSR count). The Kier molecular flexibility index (Phi) is 7.96. The quantitative estimate of drug-likeness (QED) is 0.247. The first-order chi connectivity index (χ1) is 19.8. The first-order valence-electron chi connectivity index (χ1n) is 12.4. The smallest absolute Gasteiger partial charge is 0.255 e. The van der Waals surface area contributed by atoms with Crippen LogP contribution in [0.3, 0.4) is 0 Å². The second-order valence-electron chi connectivity index (χ2n) is 9.01. The van der Waals surface area contributed by atoms with E-state index >= 15 is 0 Å². The molecule has 1 amide bonds. The lowest BCUT2D eigenvalue weighted by Gasteiger charge is -2.29. The van der Waals surface area contributed by atoms with E-state index in [-0.39, 0.29) is 5.91 Å². The Morgan fingerprint density at radius 3 is 2.22 bits per heavy atom. The zero-order chi connectivity index (χ0) is 29.3. The standard InChI is InChI=1S/C29H27Cl2N5O5/c1-15-24(28(37)33-20-8-6-7-9-21(20)38-2)25(17-13-22(39-3)26(41-5)23(14-17)40-4)36-29(32-15)34-27(35-36)16-10-11-18(30)19(31)12-16/h6-14,25H,1-5H3,(H,33,37)(H,32,34,35). The number of aromatic nitrogens is 3. The number of hydrogen-bond acceptors (Lipinski definition) is 8. The van der Waals surface area contributed by atoms with Crippen molar-refractivity contribution in [2.45, 2.75) is 13.0 Å². The second kappa shape index (κ2) is 11.6. The summed E-state index contributed by atoms with van der Waals surface area (Å²) in [4.78, 5) is 18.7. The van der Waals surface area contributed by atoms with E-state index in [2.05, 4.69) is 10.6 Å². The van der Waals surface area contributed by atoms with Crippen molar-refractivity contribution >= 4 is 40.7 Å². The normalized spacial score (nSPS) is 14.2. The fraction of sp³-hybridized carbons (Fsp3) is 0.207. The fourth-order valence-electron chi connectivity index (χ4n) is 4.71. The molecular formula is C29H27Cl2N5O5. The number of ether oxygens (including phenoxy) is 4. The number of nitrogens with one attached hydrogen (secondary N) is 2. The van der Waals surface area contributed by atoms with Crippen LogP contribution in [-0.2, 0) is 4.79 Å². The number of benzene rings is 3. The Morgan fingerprint density at radius 2 is 1.59 bits per heavy atom. The van der Waals surface area contributed by atoms with Crippen molar-refractivity contribution in [3.8, 4) is 34.4 Å². The van der Waals surface area contributed by atoms with Crippen LogP contribution in [0.2, 0.25) is 10.0 Å². The summed E-state index contributed by atoms with van der Waals surface area (Å²) in [7, 11) is 6.13. The van der Waals surface area contributed by atoms with Crippen LogP contribution < -0.4 is 29.6 Å². The summed E-state index contributed by atoms with van der Waals surface area (Å²) >= 11 is 12.4. The molecule has 0 bridgehead atoms. The summed E-state index contributed by atoms with van der Waals surface area (Å²) in [5.41, 5.74) is 2.80.